The van der Waals surface area contributed by atoms with Crippen LogP contribution in [0.4, 0.5) is 0 Å². The summed E-state index contributed by atoms with van der Waals surface area (Å²) in [6.45, 7) is 2.05. The Morgan fingerprint density at radius 3 is 2.62 bits per heavy atom. The van der Waals surface area contributed by atoms with Gasteiger partial charge in [-0.2, -0.15) is 0 Å². The van der Waals surface area contributed by atoms with Gasteiger partial charge in [-0.1, -0.05) is 24.3 Å². The van der Waals surface area contributed by atoms with Crippen LogP contribution in [-0.2, 0) is 22.7 Å². The summed E-state index contributed by atoms with van der Waals surface area (Å²) in [5.41, 5.74) is 1.46. The molecule has 0 aromatic heterocycles. The molecular weight excluding hydrogens is 268 g/mol. The van der Waals surface area contributed by atoms with Gasteiger partial charge in [0.15, 0.2) is 0 Å². The van der Waals surface area contributed by atoms with Gasteiger partial charge in [0.1, 0.15) is 5.54 Å². The van der Waals surface area contributed by atoms with Gasteiger partial charge in [-0.3, -0.25) is 9.69 Å². The Bertz CT molecular complexity index is 475. The molecule has 2 rings (SSSR count). The van der Waals surface area contributed by atoms with Crippen molar-refractivity contribution in [2.24, 2.45) is 0 Å². The Morgan fingerprint density at radius 1 is 1.38 bits per heavy atom. The van der Waals surface area contributed by atoms with Crippen LogP contribution in [0.15, 0.2) is 24.3 Å². The third-order valence-electron chi connectivity index (χ3n) is 4.24. The average molecular weight is 292 g/mol. The van der Waals surface area contributed by atoms with E-state index in [1.54, 1.807) is 14.2 Å². The summed E-state index contributed by atoms with van der Waals surface area (Å²) in [6.07, 6.45) is 1.81. The number of benzene rings is 1. The van der Waals surface area contributed by atoms with Crippen molar-refractivity contribution in [1.82, 2.24) is 10.2 Å². The van der Waals surface area contributed by atoms with Crippen LogP contribution in [0, 0.1) is 0 Å². The molecular formula is C16H24N2O3. The first-order chi connectivity index (χ1) is 10.2. The number of carbonyl (C=O) groups is 1. The van der Waals surface area contributed by atoms with Crippen molar-refractivity contribution in [3.05, 3.63) is 35.4 Å². The number of likely N-dealkylation sites (N-methyl/N-ethyl adjacent to an activating group) is 1. The lowest BCUT2D eigenvalue weighted by atomic mass is 9.95. The van der Waals surface area contributed by atoms with Crippen LogP contribution in [0.2, 0.25) is 0 Å². The van der Waals surface area contributed by atoms with Crippen LogP contribution < -0.4 is 5.32 Å². The first-order valence-electron chi connectivity index (χ1n) is 7.31. The Kier molecular flexibility index (Phi) is 5.33. The molecule has 0 radical (unpaired) electrons. The van der Waals surface area contributed by atoms with Crippen molar-refractivity contribution < 1.29 is 14.6 Å². The quantitative estimate of drug-likeness (QED) is 0.818. The molecule has 0 spiro atoms. The topological polar surface area (TPSA) is 61.8 Å². The van der Waals surface area contributed by atoms with Gasteiger partial charge in [0.25, 0.3) is 0 Å². The summed E-state index contributed by atoms with van der Waals surface area (Å²) < 4.78 is 5.32. The maximum atomic E-state index is 12.4. The van der Waals surface area contributed by atoms with E-state index < -0.39 is 5.54 Å². The number of aliphatic hydroxyl groups is 1. The highest BCUT2D eigenvalue weighted by molar-refractivity contribution is 5.86. The summed E-state index contributed by atoms with van der Waals surface area (Å²) >= 11 is 0. The van der Waals surface area contributed by atoms with Crippen molar-refractivity contribution in [1.29, 1.82) is 0 Å². The molecule has 1 unspecified atom stereocenters. The number of nitrogens with one attached hydrogen (secondary N) is 1. The van der Waals surface area contributed by atoms with Crippen LogP contribution >= 0.6 is 0 Å². The molecule has 1 amide bonds. The lowest BCUT2D eigenvalue weighted by molar-refractivity contribution is -0.135. The summed E-state index contributed by atoms with van der Waals surface area (Å²) in [4.78, 5) is 14.6. The van der Waals surface area contributed by atoms with Gasteiger partial charge in [0.2, 0.25) is 5.91 Å². The van der Waals surface area contributed by atoms with E-state index in [9.17, 15) is 4.79 Å². The third kappa shape index (κ3) is 3.26. The standard InChI is InChI=1S/C16H24N2O3/c1-17-15(20)16(12-21-2)8-3-9-18(16)10-13-4-6-14(11-19)7-5-13/h4-7,19H,3,8-12H2,1-2H3,(H,17,20). The molecule has 1 atom stereocenters. The van der Waals surface area contributed by atoms with Crippen molar-refractivity contribution in [2.75, 3.05) is 27.3 Å². The molecule has 21 heavy (non-hydrogen) atoms. The highest BCUT2D eigenvalue weighted by Crippen LogP contribution is 2.31. The number of rotatable bonds is 6. The smallest absolute Gasteiger partial charge is 0.242 e. The summed E-state index contributed by atoms with van der Waals surface area (Å²) in [5, 5.41) is 11.9. The Balaban J connectivity index is 2.17. The SMILES string of the molecule is CNC(=O)C1(COC)CCCN1Cc1ccc(CO)cc1. The molecule has 1 fully saturated rings. The van der Waals surface area contributed by atoms with E-state index in [4.69, 9.17) is 9.84 Å². The fraction of sp³-hybridized carbons (Fsp3) is 0.562. The van der Waals surface area contributed by atoms with Gasteiger partial charge in [-0.05, 0) is 30.5 Å². The maximum Gasteiger partial charge on any atom is 0.242 e. The fourth-order valence-corrected chi connectivity index (χ4v) is 3.09. The Morgan fingerprint density at radius 2 is 2.05 bits per heavy atom. The number of likely N-dealkylation sites (tertiary alicyclic amines) is 1. The van der Waals surface area contributed by atoms with Crippen molar-refractivity contribution in [3.8, 4) is 0 Å². The molecule has 2 N–H and O–H groups in total. The number of hydrogen-bond donors (Lipinski definition) is 2. The molecule has 1 saturated heterocycles. The molecule has 5 nitrogen and oxygen atoms in total. The molecule has 1 aromatic carbocycles. The van der Waals surface area contributed by atoms with Gasteiger partial charge >= 0.3 is 0 Å². The number of carbonyl (C=O) groups excluding carboxylic acids is 1. The summed E-state index contributed by atoms with van der Waals surface area (Å²) in [6, 6.07) is 7.85. The normalized spacial score (nSPS) is 22.4. The monoisotopic (exact) mass is 292 g/mol. The number of amides is 1. The molecule has 1 aliphatic rings. The summed E-state index contributed by atoms with van der Waals surface area (Å²) in [7, 11) is 3.31. The molecule has 5 heteroatoms. The van der Waals surface area contributed by atoms with E-state index in [-0.39, 0.29) is 12.5 Å². The van der Waals surface area contributed by atoms with Gasteiger partial charge in [0.05, 0.1) is 13.2 Å². The fourth-order valence-electron chi connectivity index (χ4n) is 3.09. The third-order valence-corrected chi connectivity index (χ3v) is 4.24. The van der Waals surface area contributed by atoms with Gasteiger partial charge in [-0.15, -0.1) is 0 Å². The van der Waals surface area contributed by atoms with E-state index in [1.165, 1.54) is 0 Å². The number of hydrogen-bond acceptors (Lipinski definition) is 4. The minimum Gasteiger partial charge on any atom is -0.392 e. The predicted molar refractivity (Wildman–Crippen MR) is 80.7 cm³/mol. The van der Waals surface area contributed by atoms with Crippen LogP contribution in [0.5, 0.6) is 0 Å². The van der Waals surface area contributed by atoms with Crippen molar-refractivity contribution in [2.45, 2.75) is 31.5 Å². The second-order valence-corrected chi connectivity index (χ2v) is 5.54. The van der Waals surface area contributed by atoms with E-state index in [1.807, 2.05) is 24.3 Å². The van der Waals surface area contributed by atoms with E-state index in [0.717, 1.165) is 30.5 Å². The second kappa shape index (κ2) is 7.02. The molecule has 0 bridgehead atoms. The summed E-state index contributed by atoms with van der Waals surface area (Å²) in [5.74, 6) is 0.0221. The van der Waals surface area contributed by atoms with Crippen LogP contribution in [0.1, 0.15) is 24.0 Å². The minimum absolute atomic E-state index is 0.0221. The number of methoxy groups -OCH3 is 1. The van der Waals surface area contributed by atoms with Crippen molar-refractivity contribution in [3.63, 3.8) is 0 Å². The average Bonchev–Trinajstić information content (AvgIpc) is 2.91. The van der Waals surface area contributed by atoms with Gasteiger partial charge in [0, 0.05) is 20.7 Å². The Hall–Kier alpha value is -1.43. The maximum absolute atomic E-state index is 12.4. The van der Waals surface area contributed by atoms with Gasteiger partial charge < -0.3 is 15.2 Å². The molecule has 116 valence electrons. The van der Waals surface area contributed by atoms with E-state index >= 15 is 0 Å². The molecule has 1 aromatic rings. The molecule has 0 aliphatic carbocycles. The zero-order valence-corrected chi connectivity index (χ0v) is 12.8. The minimum atomic E-state index is -0.570. The first kappa shape index (κ1) is 15.9. The molecule has 1 aliphatic heterocycles. The highest BCUT2D eigenvalue weighted by atomic mass is 16.5. The largest absolute Gasteiger partial charge is 0.392 e. The molecule has 0 saturated carbocycles. The van der Waals surface area contributed by atoms with E-state index in [2.05, 4.69) is 10.2 Å². The van der Waals surface area contributed by atoms with E-state index in [0.29, 0.717) is 13.2 Å². The highest BCUT2D eigenvalue weighted by Gasteiger charge is 2.46. The predicted octanol–water partition coefficient (Wildman–Crippen LogP) is 0.906. The van der Waals surface area contributed by atoms with Crippen LogP contribution in [-0.4, -0.2) is 48.8 Å². The first-order valence-corrected chi connectivity index (χ1v) is 7.31. The number of nitrogens with zero attached hydrogens (tertiary/aromatic N) is 1. The lowest BCUT2D eigenvalue weighted by Crippen LogP contribution is -2.57. The zero-order valence-electron chi connectivity index (χ0n) is 12.8. The molecule has 1 heterocycles. The van der Waals surface area contributed by atoms with Crippen LogP contribution in [0.25, 0.3) is 0 Å². The lowest BCUT2D eigenvalue weighted by Gasteiger charge is -2.36. The zero-order chi connectivity index (χ0) is 15.3. The number of ether oxygens (including phenoxy) is 1. The second-order valence-electron chi connectivity index (χ2n) is 5.54. The van der Waals surface area contributed by atoms with Crippen molar-refractivity contribution >= 4 is 5.91 Å². The van der Waals surface area contributed by atoms with Crippen LogP contribution in [0.3, 0.4) is 0 Å². The number of aliphatic hydroxyl groups excluding tert-OH is 1. The Labute approximate surface area is 125 Å². The van der Waals surface area contributed by atoms with Gasteiger partial charge in [-0.25, -0.2) is 0 Å².